The van der Waals surface area contributed by atoms with Crippen LogP contribution < -0.4 is 10.2 Å². The highest BCUT2D eigenvalue weighted by atomic mass is 127. The molecule has 0 amide bonds. The van der Waals surface area contributed by atoms with Crippen molar-refractivity contribution < 1.29 is 5.11 Å². The zero-order valence-electron chi connectivity index (χ0n) is 16.5. The number of hydrogen-bond donors (Lipinski definition) is 2. The van der Waals surface area contributed by atoms with Crippen LogP contribution >= 0.6 is 24.0 Å². The van der Waals surface area contributed by atoms with Crippen molar-refractivity contribution in [2.24, 2.45) is 4.99 Å². The van der Waals surface area contributed by atoms with E-state index in [-0.39, 0.29) is 24.0 Å². The number of anilines is 1. The smallest absolute Gasteiger partial charge is 0.193 e. The molecule has 1 aromatic carbocycles. The van der Waals surface area contributed by atoms with Gasteiger partial charge in [-0.25, -0.2) is 0 Å². The number of likely N-dealkylation sites (N-methyl/N-ethyl adjacent to an activating group) is 1. The average Bonchev–Trinajstić information content (AvgIpc) is 2.65. The Bertz CT molecular complexity index is 561. The molecule has 0 aromatic heterocycles. The summed E-state index contributed by atoms with van der Waals surface area (Å²) in [5, 5.41) is 13.5. The van der Waals surface area contributed by atoms with E-state index in [0.29, 0.717) is 11.8 Å². The van der Waals surface area contributed by atoms with Crippen molar-refractivity contribution in [3.8, 4) is 5.75 Å². The third kappa shape index (κ3) is 6.19. The molecule has 148 valence electrons. The molecule has 0 saturated carbocycles. The molecule has 1 aliphatic rings. The number of rotatable bonds is 6. The van der Waals surface area contributed by atoms with Gasteiger partial charge in [-0.3, -0.25) is 4.99 Å². The highest BCUT2D eigenvalue weighted by Crippen LogP contribution is 2.27. The second-order valence-corrected chi connectivity index (χ2v) is 6.67. The minimum absolute atomic E-state index is 0. The number of hydrogen-bond acceptors (Lipinski definition) is 4. The van der Waals surface area contributed by atoms with Gasteiger partial charge in [0.25, 0.3) is 0 Å². The van der Waals surface area contributed by atoms with Crippen molar-refractivity contribution in [3.05, 3.63) is 24.3 Å². The Hall–Kier alpha value is -1.22. The molecule has 0 bridgehead atoms. The lowest BCUT2D eigenvalue weighted by atomic mass is 10.2. The Morgan fingerprint density at radius 3 is 2.50 bits per heavy atom. The third-order valence-electron chi connectivity index (χ3n) is 5.10. The first-order valence-corrected chi connectivity index (χ1v) is 9.25. The molecular formula is C19H34IN5O. The van der Waals surface area contributed by atoms with Gasteiger partial charge in [0.15, 0.2) is 5.96 Å². The van der Waals surface area contributed by atoms with Crippen LogP contribution in [0.1, 0.15) is 20.3 Å². The van der Waals surface area contributed by atoms with Crippen LogP contribution in [0.3, 0.4) is 0 Å². The second-order valence-electron chi connectivity index (χ2n) is 6.67. The van der Waals surface area contributed by atoms with E-state index in [0.717, 1.165) is 50.9 Å². The number of nitrogens with zero attached hydrogens (tertiary/aromatic N) is 4. The molecule has 0 radical (unpaired) electrons. The summed E-state index contributed by atoms with van der Waals surface area (Å²) in [6, 6.07) is 8.15. The van der Waals surface area contributed by atoms with E-state index in [2.05, 4.69) is 45.9 Å². The molecule has 7 heteroatoms. The quantitative estimate of drug-likeness (QED) is 0.376. The maximum absolute atomic E-state index is 10.0. The zero-order valence-corrected chi connectivity index (χ0v) is 18.8. The van der Waals surface area contributed by atoms with Gasteiger partial charge in [0.1, 0.15) is 5.75 Å². The van der Waals surface area contributed by atoms with Gasteiger partial charge in [-0.2, -0.15) is 0 Å². The highest BCUT2D eigenvalue weighted by molar-refractivity contribution is 14.0. The summed E-state index contributed by atoms with van der Waals surface area (Å²) in [5.41, 5.74) is 0.917. The fourth-order valence-corrected chi connectivity index (χ4v) is 3.10. The van der Waals surface area contributed by atoms with Gasteiger partial charge in [-0.1, -0.05) is 19.1 Å². The predicted molar refractivity (Wildman–Crippen MR) is 121 cm³/mol. The van der Waals surface area contributed by atoms with Crippen molar-refractivity contribution in [2.75, 3.05) is 58.3 Å². The summed E-state index contributed by atoms with van der Waals surface area (Å²) in [6.45, 7) is 9.93. The van der Waals surface area contributed by atoms with Crippen molar-refractivity contribution in [1.29, 1.82) is 0 Å². The van der Waals surface area contributed by atoms with Gasteiger partial charge in [-0.15, -0.1) is 24.0 Å². The largest absolute Gasteiger partial charge is 0.506 e. The van der Waals surface area contributed by atoms with Gasteiger partial charge in [0.05, 0.1) is 5.69 Å². The normalized spacial score (nSPS) is 16.4. The number of aromatic hydroxyl groups is 1. The first kappa shape index (κ1) is 22.8. The number of piperazine rings is 1. The van der Waals surface area contributed by atoms with Crippen molar-refractivity contribution in [2.45, 2.75) is 26.3 Å². The van der Waals surface area contributed by atoms with Crippen molar-refractivity contribution in [1.82, 2.24) is 15.1 Å². The first-order valence-electron chi connectivity index (χ1n) is 9.25. The predicted octanol–water partition coefficient (Wildman–Crippen LogP) is 2.44. The Morgan fingerprint density at radius 1 is 1.27 bits per heavy atom. The van der Waals surface area contributed by atoms with Crippen LogP contribution in [-0.2, 0) is 0 Å². The fraction of sp³-hybridized carbons (Fsp3) is 0.632. The SMILES string of the molecule is CCC(C)N(C)CCNC(=NC)N1CCN(c2ccccc2O)CC1.I. The van der Waals surface area contributed by atoms with E-state index < -0.39 is 0 Å². The number of nitrogens with one attached hydrogen (secondary N) is 1. The van der Waals surface area contributed by atoms with Crippen molar-refractivity contribution in [3.63, 3.8) is 0 Å². The van der Waals surface area contributed by atoms with Crippen LogP contribution in [0.5, 0.6) is 5.75 Å². The molecule has 1 heterocycles. The lowest BCUT2D eigenvalue weighted by molar-refractivity contribution is 0.254. The molecule has 6 nitrogen and oxygen atoms in total. The molecule has 1 atom stereocenters. The van der Waals surface area contributed by atoms with Gasteiger partial charge in [0.2, 0.25) is 0 Å². The second kappa shape index (κ2) is 11.5. The number of phenols is 1. The zero-order chi connectivity index (χ0) is 18.2. The molecule has 2 rings (SSSR count). The summed E-state index contributed by atoms with van der Waals surface area (Å²) in [7, 11) is 4.01. The minimum Gasteiger partial charge on any atom is -0.506 e. The Kier molecular flexibility index (Phi) is 10.1. The number of halogens is 1. The molecular weight excluding hydrogens is 441 g/mol. The number of aliphatic imine (C=N–C) groups is 1. The lowest BCUT2D eigenvalue weighted by Crippen LogP contribution is -2.53. The average molecular weight is 475 g/mol. The molecule has 26 heavy (non-hydrogen) atoms. The van der Waals surface area contributed by atoms with Crippen molar-refractivity contribution >= 4 is 35.6 Å². The van der Waals surface area contributed by atoms with Crippen LogP contribution in [0.2, 0.25) is 0 Å². The number of guanidine groups is 1. The van der Waals surface area contributed by atoms with Gasteiger partial charge in [-0.05, 0) is 32.5 Å². The van der Waals surface area contributed by atoms with E-state index >= 15 is 0 Å². The molecule has 0 spiro atoms. The molecule has 1 aromatic rings. The van der Waals surface area contributed by atoms with E-state index in [4.69, 9.17) is 0 Å². The Labute approximate surface area is 175 Å². The molecule has 2 N–H and O–H groups in total. The standard InChI is InChI=1S/C19H33N5O.HI/c1-5-16(2)22(4)11-10-21-19(20-3)24-14-12-23(13-15-24)17-8-6-7-9-18(17)25;/h6-9,16,25H,5,10-15H2,1-4H3,(H,20,21);1H. The number of benzene rings is 1. The maximum Gasteiger partial charge on any atom is 0.193 e. The maximum atomic E-state index is 10.0. The van der Waals surface area contributed by atoms with E-state index in [1.165, 1.54) is 6.42 Å². The summed E-state index contributed by atoms with van der Waals surface area (Å²) in [5.74, 6) is 1.32. The van der Waals surface area contributed by atoms with Gasteiger partial charge in [0, 0.05) is 52.4 Å². The fourth-order valence-electron chi connectivity index (χ4n) is 3.10. The molecule has 1 unspecified atom stereocenters. The molecule has 1 aliphatic heterocycles. The van der Waals surface area contributed by atoms with Crippen LogP contribution in [0.4, 0.5) is 5.69 Å². The summed E-state index contributed by atoms with van der Waals surface area (Å²) in [4.78, 5) is 11.3. The summed E-state index contributed by atoms with van der Waals surface area (Å²) in [6.07, 6.45) is 1.17. The van der Waals surface area contributed by atoms with Crippen LogP contribution in [0.15, 0.2) is 29.3 Å². The molecule has 1 saturated heterocycles. The van der Waals surface area contributed by atoms with Gasteiger partial charge >= 0.3 is 0 Å². The highest BCUT2D eigenvalue weighted by Gasteiger charge is 2.21. The monoisotopic (exact) mass is 475 g/mol. The number of para-hydroxylation sites is 2. The summed E-state index contributed by atoms with van der Waals surface area (Å²) >= 11 is 0. The van der Waals surface area contributed by atoms with E-state index in [1.54, 1.807) is 6.07 Å². The number of phenolic OH excluding ortho intramolecular Hbond substituents is 1. The summed E-state index contributed by atoms with van der Waals surface area (Å²) < 4.78 is 0. The third-order valence-corrected chi connectivity index (χ3v) is 5.10. The molecule has 1 fully saturated rings. The topological polar surface area (TPSA) is 54.3 Å². The van der Waals surface area contributed by atoms with E-state index in [9.17, 15) is 5.11 Å². The van der Waals surface area contributed by atoms with E-state index in [1.807, 2.05) is 25.2 Å². The van der Waals surface area contributed by atoms with Crippen LogP contribution in [0.25, 0.3) is 0 Å². The lowest BCUT2D eigenvalue weighted by Gasteiger charge is -2.38. The minimum atomic E-state index is 0. The van der Waals surface area contributed by atoms with Crippen LogP contribution in [0, 0.1) is 0 Å². The van der Waals surface area contributed by atoms with Gasteiger partial charge < -0.3 is 25.1 Å². The Morgan fingerprint density at radius 2 is 1.92 bits per heavy atom. The molecule has 0 aliphatic carbocycles. The first-order chi connectivity index (χ1) is 12.1. The Balaban J connectivity index is 0.00000338. The van der Waals surface area contributed by atoms with Crippen LogP contribution in [-0.4, -0.2) is 80.3 Å².